The van der Waals surface area contributed by atoms with Gasteiger partial charge in [-0.1, -0.05) is 23.4 Å². The zero-order chi connectivity index (χ0) is 20.3. The Morgan fingerprint density at radius 2 is 1.77 bits per heavy atom. The lowest BCUT2D eigenvalue weighted by Gasteiger charge is -2.10. The van der Waals surface area contributed by atoms with Gasteiger partial charge in [-0.15, -0.1) is 20.4 Å². The first-order chi connectivity index (χ1) is 14.8. The molecule has 0 radical (unpaired) electrons. The average molecular weight is 437 g/mol. The van der Waals surface area contributed by atoms with E-state index in [1.165, 1.54) is 11.8 Å². The minimum atomic E-state index is 0.340. The third kappa shape index (κ3) is 3.72. The molecule has 1 aromatic carbocycles. The molecule has 8 nitrogen and oxygen atoms in total. The highest BCUT2D eigenvalue weighted by atomic mass is 35.5. The van der Waals surface area contributed by atoms with E-state index in [9.17, 15) is 0 Å². The van der Waals surface area contributed by atoms with Crippen LogP contribution in [0.15, 0.2) is 81.2 Å². The van der Waals surface area contributed by atoms with Gasteiger partial charge >= 0.3 is 0 Å². The predicted octanol–water partition coefficient (Wildman–Crippen LogP) is 4.92. The summed E-state index contributed by atoms with van der Waals surface area (Å²) in [6, 6.07) is 14.8. The van der Waals surface area contributed by atoms with Gasteiger partial charge in [0.15, 0.2) is 16.7 Å². The summed E-state index contributed by atoms with van der Waals surface area (Å²) >= 11 is 7.51. The second-order valence-electron chi connectivity index (χ2n) is 6.12. The van der Waals surface area contributed by atoms with Gasteiger partial charge in [-0.25, -0.2) is 0 Å². The minimum Gasteiger partial charge on any atom is -0.459 e. The molecule has 0 bridgehead atoms. The van der Waals surface area contributed by atoms with Crippen LogP contribution in [0.25, 0.3) is 28.7 Å². The Morgan fingerprint density at radius 3 is 2.53 bits per heavy atom. The SMILES string of the molecule is Clc1ccc(-n2c(SCc3nnc(-c4ccco4)o3)nnc2-c2ccncc2)cc1. The third-order valence-corrected chi connectivity index (χ3v) is 5.35. The molecule has 4 heterocycles. The van der Waals surface area contributed by atoms with Crippen LogP contribution in [0.4, 0.5) is 0 Å². The van der Waals surface area contributed by atoms with Crippen molar-refractivity contribution in [2.45, 2.75) is 10.9 Å². The third-order valence-electron chi connectivity index (χ3n) is 4.18. The Balaban J connectivity index is 1.46. The molecule has 0 aliphatic heterocycles. The van der Waals surface area contributed by atoms with Crippen LogP contribution in [0, 0.1) is 0 Å². The van der Waals surface area contributed by atoms with E-state index in [0.29, 0.717) is 39.3 Å². The molecule has 148 valence electrons. The largest absolute Gasteiger partial charge is 0.459 e. The smallest absolute Gasteiger partial charge is 0.283 e. The maximum Gasteiger partial charge on any atom is 0.283 e. The van der Waals surface area contributed by atoms with Crippen molar-refractivity contribution < 1.29 is 8.83 Å². The quantitative estimate of drug-likeness (QED) is 0.346. The fourth-order valence-electron chi connectivity index (χ4n) is 2.81. The highest BCUT2D eigenvalue weighted by Gasteiger charge is 2.18. The Labute approximate surface area is 179 Å². The monoisotopic (exact) mass is 436 g/mol. The molecule has 10 heteroatoms. The van der Waals surface area contributed by atoms with Crippen LogP contribution in [0.3, 0.4) is 0 Å². The molecule has 0 unspecified atom stereocenters. The average Bonchev–Trinajstić information content (AvgIpc) is 3.53. The molecule has 5 aromatic rings. The first-order valence-electron chi connectivity index (χ1n) is 8.89. The van der Waals surface area contributed by atoms with Crippen molar-refractivity contribution in [2.24, 2.45) is 0 Å². The summed E-state index contributed by atoms with van der Waals surface area (Å²) in [6.07, 6.45) is 5.00. The van der Waals surface area contributed by atoms with Gasteiger partial charge in [0.05, 0.1) is 12.0 Å². The standard InChI is InChI=1S/C20H13ClN6O2S/c21-14-3-5-15(6-4-14)27-18(13-7-9-22-10-8-13)24-26-20(27)30-12-17-23-25-19(29-17)16-2-1-11-28-16/h1-11H,12H2. The fraction of sp³-hybridized carbons (Fsp3) is 0.0500. The molecular formula is C20H13ClN6O2S. The lowest BCUT2D eigenvalue weighted by molar-refractivity contribution is 0.494. The van der Waals surface area contributed by atoms with Gasteiger partial charge in [0, 0.05) is 28.7 Å². The van der Waals surface area contributed by atoms with Crippen LogP contribution in [-0.4, -0.2) is 29.9 Å². The van der Waals surface area contributed by atoms with E-state index in [0.717, 1.165) is 11.3 Å². The highest BCUT2D eigenvalue weighted by molar-refractivity contribution is 7.98. The number of nitrogens with zero attached hydrogens (tertiary/aromatic N) is 6. The number of thioether (sulfide) groups is 1. The molecule has 0 saturated carbocycles. The van der Waals surface area contributed by atoms with Crippen LogP contribution in [0.2, 0.25) is 5.02 Å². The van der Waals surface area contributed by atoms with Crippen molar-refractivity contribution in [2.75, 3.05) is 0 Å². The van der Waals surface area contributed by atoms with E-state index in [1.807, 2.05) is 41.0 Å². The summed E-state index contributed by atoms with van der Waals surface area (Å²) in [7, 11) is 0. The molecule has 0 amide bonds. The minimum absolute atomic E-state index is 0.340. The van der Waals surface area contributed by atoms with Gasteiger partial charge in [0.25, 0.3) is 5.89 Å². The van der Waals surface area contributed by atoms with Gasteiger partial charge in [0.1, 0.15) is 0 Å². The van der Waals surface area contributed by atoms with Crippen molar-refractivity contribution in [3.8, 4) is 28.7 Å². The first-order valence-corrected chi connectivity index (χ1v) is 10.2. The Morgan fingerprint density at radius 1 is 0.933 bits per heavy atom. The second kappa shape index (κ2) is 8.13. The number of rotatable bonds is 6. The van der Waals surface area contributed by atoms with Crippen molar-refractivity contribution in [1.82, 2.24) is 29.9 Å². The number of pyridine rings is 1. The molecule has 0 saturated heterocycles. The zero-order valence-corrected chi connectivity index (χ0v) is 16.9. The number of hydrogen-bond acceptors (Lipinski definition) is 8. The zero-order valence-electron chi connectivity index (χ0n) is 15.3. The molecule has 0 spiro atoms. The molecule has 0 fully saturated rings. The van der Waals surface area contributed by atoms with Crippen LogP contribution in [0.1, 0.15) is 5.89 Å². The van der Waals surface area contributed by atoms with Gasteiger partial charge < -0.3 is 8.83 Å². The number of benzene rings is 1. The van der Waals surface area contributed by atoms with Crippen molar-refractivity contribution in [1.29, 1.82) is 0 Å². The Bertz CT molecular complexity index is 1250. The summed E-state index contributed by atoms with van der Waals surface area (Å²) in [5, 5.41) is 18.2. The van der Waals surface area contributed by atoms with Crippen LogP contribution >= 0.6 is 23.4 Å². The van der Waals surface area contributed by atoms with E-state index < -0.39 is 0 Å². The molecule has 0 N–H and O–H groups in total. The summed E-state index contributed by atoms with van der Waals surface area (Å²) in [5.74, 6) is 2.46. The molecule has 0 aliphatic carbocycles. The highest BCUT2D eigenvalue weighted by Crippen LogP contribution is 2.30. The van der Waals surface area contributed by atoms with Crippen molar-refractivity contribution in [3.05, 3.63) is 78.1 Å². The van der Waals surface area contributed by atoms with Crippen LogP contribution in [-0.2, 0) is 5.75 Å². The topological polar surface area (TPSA) is 95.7 Å². The van der Waals surface area contributed by atoms with Crippen LogP contribution < -0.4 is 0 Å². The summed E-state index contributed by atoms with van der Waals surface area (Å²) in [5.41, 5.74) is 1.79. The van der Waals surface area contributed by atoms with Gasteiger partial charge in [0.2, 0.25) is 5.89 Å². The number of aromatic nitrogens is 6. The Kier molecular flexibility index (Phi) is 5.04. The van der Waals surface area contributed by atoms with E-state index in [2.05, 4.69) is 25.4 Å². The lowest BCUT2D eigenvalue weighted by atomic mass is 10.2. The first kappa shape index (κ1) is 18.6. The van der Waals surface area contributed by atoms with Crippen molar-refractivity contribution >= 4 is 23.4 Å². The van der Waals surface area contributed by atoms with Gasteiger partial charge in [-0.2, -0.15) is 0 Å². The molecule has 30 heavy (non-hydrogen) atoms. The summed E-state index contributed by atoms with van der Waals surface area (Å²) < 4.78 is 12.9. The fourth-order valence-corrected chi connectivity index (χ4v) is 3.73. The van der Waals surface area contributed by atoms with Gasteiger partial charge in [-0.3, -0.25) is 9.55 Å². The van der Waals surface area contributed by atoms with E-state index in [1.54, 1.807) is 30.8 Å². The number of hydrogen-bond donors (Lipinski definition) is 0. The molecular weight excluding hydrogens is 424 g/mol. The van der Waals surface area contributed by atoms with E-state index >= 15 is 0 Å². The van der Waals surface area contributed by atoms with E-state index in [4.69, 9.17) is 20.4 Å². The molecule has 0 atom stereocenters. The molecule has 4 aromatic heterocycles. The maximum atomic E-state index is 6.07. The van der Waals surface area contributed by atoms with Gasteiger partial charge in [-0.05, 0) is 48.5 Å². The number of furan rings is 1. The lowest BCUT2D eigenvalue weighted by Crippen LogP contribution is -1.99. The maximum absolute atomic E-state index is 6.07. The predicted molar refractivity (Wildman–Crippen MR) is 111 cm³/mol. The van der Waals surface area contributed by atoms with E-state index in [-0.39, 0.29) is 0 Å². The summed E-state index contributed by atoms with van der Waals surface area (Å²) in [4.78, 5) is 4.08. The van der Waals surface area contributed by atoms with Crippen molar-refractivity contribution in [3.63, 3.8) is 0 Å². The van der Waals surface area contributed by atoms with Crippen LogP contribution in [0.5, 0.6) is 0 Å². The normalized spacial score (nSPS) is 11.1. The molecule has 5 rings (SSSR count). The Hall–Kier alpha value is -3.43. The second-order valence-corrected chi connectivity index (χ2v) is 7.50. The molecule has 0 aliphatic rings. The number of halogens is 1. The summed E-state index contributed by atoms with van der Waals surface area (Å²) in [6.45, 7) is 0.